The summed E-state index contributed by atoms with van der Waals surface area (Å²) >= 11 is -2.81. The molecule has 349 valence electrons. The van der Waals surface area contributed by atoms with Crippen molar-refractivity contribution in [1.29, 1.82) is 0 Å². The van der Waals surface area contributed by atoms with Crippen molar-refractivity contribution in [2.75, 3.05) is 0 Å². The molecule has 2 aliphatic carbocycles. The first-order valence-electron chi connectivity index (χ1n) is 25.8. The average Bonchev–Trinajstić information content (AvgIpc) is 3.88. The van der Waals surface area contributed by atoms with Gasteiger partial charge in [-0.1, -0.05) is 0 Å². The van der Waals surface area contributed by atoms with Gasteiger partial charge in [-0.15, -0.1) is 0 Å². The van der Waals surface area contributed by atoms with Crippen LogP contribution >= 0.6 is 0 Å². The predicted molar refractivity (Wildman–Crippen MR) is 302 cm³/mol. The second-order valence-corrected chi connectivity index (χ2v) is 41.5. The van der Waals surface area contributed by atoms with E-state index in [1.165, 1.54) is 111 Å². The number of rotatable bonds is 13. The molecule has 0 fully saturated rings. The zero-order chi connectivity index (χ0) is 48.8. The summed E-state index contributed by atoms with van der Waals surface area (Å²) in [5.74, 6) is -1.35. The molecule has 0 saturated heterocycles. The normalized spacial score (nSPS) is 15.0. The molecule has 0 radical (unpaired) electrons. The van der Waals surface area contributed by atoms with Gasteiger partial charge in [0.15, 0.2) is 0 Å². The number of fused-ring (bicyclic) bond motifs is 2. The van der Waals surface area contributed by atoms with E-state index in [9.17, 15) is 0 Å². The van der Waals surface area contributed by atoms with Crippen LogP contribution in [0.25, 0.3) is 56.7 Å². The Labute approximate surface area is 428 Å². The van der Waals surface area contributed by atoms with Gasteiger partial charge in [0.1, 0.15) is 0 Å². The molecule has 10 rings (SSSR count). The third-order valence-electron chi connectivity index (χ3n) is 15.1. The van der Waals surface area contributed by atoms with Gasteiger partial charge < -0.3 is 0 Å². The van der Waals surface area contributed by atoms with Crippen LogP contribution in [0.2, 0.25) is 13.1 Å². The van der Waals surface area contributed by atoms with Gasteiger partial charge in [-0.2, -0.15) is 0 Å². The molecule has 8 aromatic carbocycles. The molecule has 0 aliphatic heterocycles. The molecule has 2 unspecified atom stereocenters. The fraction of sp³-hybridized carbons (Fsp3) is 0.235. The summed E-state index contributed by atoms with van der Waals surface area (Å²) in [6.07, 6.45) is 9.74. The third kappa shape index (κ3) is 9.85. The first-order valence-corrected chi connectivity index (χ1v) is 35.8. The molecule has 0 spiro atoms. The van der Waals surface area contributed by atoms with Crippen molar-refractivity contribution in [3.05, 3.63) is 247 Å². The van der Waals surface area contributed by atoms with Crippen LogP contribution in [-0.4, -0.2) is 5.92 Å². The molecule has 8 aromatic rings. The fourth-order valence-electron chi connectivity index (χ4n) is 12.5. The predicted octanol–water partition coefficient (Wildman–Crippen LogP) is 18.3. The molecule has 2 heteroatoms. The van der Waals surface area contributed by atoms with Crippen molar-refractivity contribution in [3.8, 4) is 44.5 Å². The summed E-state index contributed by atoms with van der Waals surface area (Å²) in [6, 6.07) is 61.6. The molecule has 0 heterocycles. The van der Waals surface area contributed by atoms with Crippen molar-refractivity contribution in [2.45, 2.75) is 101 Å². The van der Waals surface area contributed by atoms with Gasteiger partial charge in [-0.3, -0.25) is 0 Å². The molecule has 2 aliphatic rings. The van der Waals surface area contributed by atoms with Crippen molar-refractivity contribution in [3.63, 3.8) is 0 Å². The van der Waals surface area contributed by atoms with Crippen LogP contribution in [0, 0.1) is 55.4 Å². The maximum absolute atomic E-state index is 2.81. The number of benzene rings is 8. The molecular formula is C68H69SiZr. The zero-order valence-corrected chi connectivity index (χ0v) is 46.8. The number of hydrogen-bond acceptors (Lipinski definition) is 0. The van der Waals surface area contributed by atoms with E-state index in [1.807, 2.05) is 0 Å². The summed E-state index contributed by atoms with van der Waals surface area (Å²) < 4.78 is 0.866. The van der Waals surface area contributed by atoms with E-state index in [0.29, 0.717) is 7.25 Å². The molecule has 0 amide bonds. The second-order valence-electron chi connectivity index (χ2n) is 21.4. The van der Waals surface area contributed by atoms with Crippen LogP contribution in [0.4, 0.5) is 0 Å². The standard InChI is InChI=1S/2C33H31.C2H7Si.Zr/c2*1-22-14-23(2)17-28(16-22)30-12-13-31(29-18-24(3)15-25(4)19-29)33-21-27(20-32(30)33)11-10-26-8-6-5-7-9-26;1-3-2;/h2*5-9,12-21H,10-11H2,1-4H3;3H,1-2H3;. The van der Waals surface area contributed by atoms with Gasteiger partial charge in [0.25, 0.3) is 0 Å². The molecule has 0 nitrogen and oxygen atoms in total. The van der Waals surface area contributed by atoms with E-state index in [-0.39, 0.29) is 0 Å². The van der Waals surface area contributed by atoms with E-state index in [0.717, 1.165) is 25.7 Å². The van der Waals surface area contributed by atoms with E-state index < -0.39 is 26.8 Å². The van der Waals surface area contributed by atoms with Gasteiger partial charge in [0, 0.05) is 0 Å². The van der Waals surface area contributed by atoms with Gasteiger partial charge in [-0.05, 0) is 0 Å². The van der Waals surface area contributed by atoms with Crippen molar-refractivity contribution in [1.82, 2.24) is 0 Å². The summed E-state index contributed by atoms with van der Waals surface area (Å²) in [5.41, 5.74) is 34.2. The fourth-order valence-corrected chi connectivity index (χ4v) is 35.4. The Kier molecular flexibility index (Phi) is 13.9. The number of allylic oxidation sites excluding steroid dienone is 2. The molecule has 0 N–H and O–H groups in total. The average molecular weight is 1010 g/mol. The SMILES string of the molecule is Cc1cc(C)cc(-c2ccc(-c3cc(C)cc(C)c3)c3c2C=C(CCc2ccccc2)[CH]3[Zr]([CH]2C(CCc3ccccc3)=Cc3c(-c4cc(C)cc(C)c4)ccc(-c4cc(C)cc(C)c4)c32)[SiH](C)C)c1. The Morgan fingerprint density at radius 1 is 0.343 bits per heavy atom. The van der Waals surface area contributed by atoms with E-state index >= 15 is 0 Å². The quantitative estimate of drug-likeness (QED) is 0.101. The first-order chi connectivity index (χ1) is 33.8. The van der Waals surface area contributed by atoms with E-state index in [4.69, 9.17) is 0 Å². The minimum atomic E-state index is -2.81. The van der Waals surface area contributed by atoms with Gasteiger partial charge in [0.2, 0.25) is 0 Å². The van der Waals surface area contributed by atoms with Gasteiger partial charge >= 0.3 is 432 Å². The van der Waals surface area contributed by atoms with Crippen LogP contribution in [0.3, 0.4) is 0 Å². The second kappa shape index (κ2) is 20.2. The molecule has 2 atom stereocenters. The summed E-state index contributed by atoms with van der Waals surface area (Å²) in [5, 5.41) is 0. The summed E-state index contributed by atoms with van der Waals surface area (Å²) in [4.78, 5) is 0. The van der Waals surface area contributed by atoms with E-state index in [1.54, 1.807) is 22.3 Å². The summed E-state index contributed by atoms with van der Waals surface area (Å²) in [6.45, 7) is 23.7. The Morgan fingerprint density at radius 3 is 0.929 bits per heavy atom. The van der Waals surface area contributed by atoms with Crippen molar-refractivity contribution < 1.29 is 20.9 Å². The molecule has 0 bridgehead atoms. The van der Waals surface area contributed by atoms with Crippen LogP contribution < -0.4 is 0 Å². The summed E-state index contributed by atoms with van der Waals surface area (Å²) in [7, 11) is 0. The first kappa shape index (κ1) is 48.0. The van der Waals surface area contributed by atoms with Crippen LogP contribution in [0.1, 0.15) is 98.0 Å². The van der Waals surface area contributed by atoms with Gasteiger partial charge in [0.05, 0.1) is 0 Å². The van der Waals surface area contributed by atoms with Crippen LogP contribution in [-0.2, 0) is 33.8 Å². The minimum absolute atomic E-state index is 0.433. The van der Waals surface area contributed by atoms with Crippen molar-refractivity contribution in [2.24, 2.45) is 0 Å². The van der Waals surface area contributed by atoms with Crippen LogP contribution in [0.15, 0.2) is 169 Å². The molecule has 70 heavy (non-hydrogen) atoms. The molecule has 0 aromatic heterocycles. The zero-order valence-electron chi connectivity index (χ0n) is 43.2. The Bertz CT molecular complexity index is 3030. The Balaban J connectivity index is 1.27. The Hall–Kier alpha value is -5.66. The number of aryl methyl sites for hydroxylation is 10. The van der Waals surface area contributed by atoms with E-state index in [2.05, 4.69) is 238 Å². The molecular weight excluding hydrogens is 936 g/mol. The number of hydrogen-bond donors (Lipinski definition) is 0. The van der Waals surface area contributed by atoms with Crippen LogP contribution in [0.5, 0.6) is 0 Å². The molecule has 0 saturated carbocycles. The topological polar surface area (TPSA) is 0 Å². The van der Waals surface area contributed by atoms with Gasteiger partial charge in [-0.25, -0.2) is 0 Å². The Morgan fingerprint density at radius 2 is 0.629 bits per heavy atom. The van der Waals surface area contributed by atoms with Crippen molar-refractivity contribution >= 4 is 18.1 Å². The monoisotopic (exact) mass is 1000 g/mol. The third-order valence-corrected chi connectivity index (χ3v) is 36.7. The maximum atomic E-state index is 2.77.